The SMILES string of the molecule is Cc1cc2nnc(C(=O)CC(=O)O)c(C)n2n1. The van der Waals surface area contributed by atoms with E-state index in [4.69, 9.17) is 5.11 Å². The fraction of sp³-hybridized carbons (Fsp3) is 0.300. The number of rotatable bonds is 3. The van der Waals surface area contributed by atoms with Gasteiger partial charge in [-0.1, -0.05) is 0 Å². The number of carboxylic acids is 1. The van der Waals surface area contributed by atoms with Crippen LogP contribution < -0.4 is 0 Å². The van der Waals surface area contributed by atoms with Gasteiger partial charge < -0.3 is 5.11 Å². The summed E-state index contributed by atoms with van der Waals surface area (Å²) in [7, 11) is 0. The molecule has 1 N–H and O–H groups in total. The number of nitrogens with zero attached hydrogens (tertiary/aromatic N) is 4. The van der Waals surface area contributed by atoms with Crippen LogP contribution in [0.5, 0.6) is 0 Å². The van der Waals surface area contributed by atoms with Crippen molar-refractivity contribution in [3.8, 4) is 0 Å². The van der Waals surface area contributed by atoms with E-state index in [1.54, 1.807) is 19.9 Å². The Bertz CT molecular complexity index is 617. The molecule has 2 aromatic heterocycles. The summed E-state index contributed by atoms with van der Waals surface area (Å²) in [5, 5.41) is 20.3. The zero-order valence-electron chi connectivity index (χ0n) is 9.34. The van der Waals surface area contributed by atoms with Crippen molar-refractivity contribution in [2.45, 2.75) is 20.3 Å². The van der Waals surface area contributed by atoms with Crippen LogP contribution in [0.3, 0.4) is 0 Å². The molecule has 0 fully saturated rings. The standard InChI is InChI=1S/C10H10N4O3/c1-5-3-8-11-12-10(6(2)14(8)13-5)7(15)4-9(16)17/h3H,4H2,1-2H3,(H,16,17). The van der Waals surface area contributed by atoms with Crippen molar-refractivity contribution < 1.29 is 14.7 Å². The molecule has 0 bridgehead atoms. The topological polar surface area (TPSA) is 97.5 Å². The van der Waals surface area contributed by atoms with E-state index in [1.165, 1.54) is 4.52 Å². The Hall–Kier alpha value is -2.31. The molecular weight excluding hydrogens is 224 g/mol. The van der Waals surface area contributed by atoms with Crippen LogP contribution in [0.25, 0.3) is 5.65 Å². The summed E-state index contributed by atoms with van der Waals surface area (Å²) in [6.07, 6.45) is -0.596. The number of carbonyl (C=O) groups excluding carboxylic acids is 1. The minimum absolute atomic E-state index is 0.0444. The van der Waals surface area contributed by atoms with Crippen LogP contribution >= 0.6 is 0 Å². The smallest absolute Gasteiger partial charge is 0.311 e. The van der Waals surface area contributed by atoms with Gasteiger partial charge in [0, 0.05) is 6.07 Å². The molecule has 0 unspecified atom stereocenters. The third-order valence-electron chi connectivity index (χ3n) is 2.30. The highest BCUT2D eigenvalue weighted by Crippen LogP contribution is 2.10. The average Bonchev–Trinajstić information content (AvgIpc) is 2.58. The molecule has 2 rings (SSSR count). The molecule has 0 aliphatic carbocycles. The second kappa shape index (κ2) is 3.93. The Kier molecular flexibility index (Phi) is 2.58. The first kappa shape index (κ1) is 11.2. The summed E-state index contributed by atoms with van der Waals surface area (Å²) in [5.41, 5.74) is 1.83. The van der Waals surface area contributed by atoms with E-state index in [9.17, 15) is 9.59 Å². The molecule has 0 saturated carbocycles. The number of ketones is 1. The van der Waals surface area contributed by atoms with Crippen LogP contribution in [0.1, 0.15) is 28.3 Å². The van der Waals surface area contributed by atoms with E-state index in [0.29, 0.717) is 11.3 Å². The molecule has 7 nitrogen and oxygen atoms in total. The van der Waals surface area contributed by atoms with Gasteiger partial charge in [-0.2, -0.15) is 5.10 Å². The molecule has 2 aromatic rings. The summed E-state index contributed by atoms with van der Waals surface area (Å²) in [5.74, 6) is -1.76. The number of aryl methyl sites for hydroxylation is 2. The van der Waals surface area contributed by atoms with Crippen LogP contribution in [-0.4, -0.2) is 36.7 Å². The molecule has 88 valence electrons. The zero-order valence-corrected chi connectivity index (χ0v) is 9.34. The van der Waals surface area contributed by atoms with Crippen LogP contribution in [0, 0.1) is 13.8 Å². The summed E-state index contributed by atoms with van der Waals surface area (Å²) < 4.78 is 1.48. The number of aliphatic carboxylic acids is 1. The Balaban J connectivity index is 2.52. The Labute approximate surface area is 96.1 Å². The summed E-state index contributed by atoms with van der Waals surface area (Å²) in [6.45, 7) is 3.45. The Morgan fingerprint density at radius 1 is 1.35 bits per heavy atom. The van der Waals surface area contributed by atoms with Crippen molar-refractivity contribution in [3.05, 3.63) is 23.1 Å². The van der Waals surface area contributed by atoms with Gasteiger partial charge in [-0.3, -0.25) is 9.59 Å². The second-order valence-electron chi connectivity index (χ2n) is 3.68. The van der Waals surface area contributed by atoms with Gasteiger partial charge in [0.25, 0.3) is 0 Å². The van der Waals surface area contributed by atoms with Crippen LogP contribution in [0.4, 0.5) is 0 Å². The predicted molar refractivity (Wildman–Crippen MR) is 56.8 cm³/mol. The van der Waals surface area contributed by atoms with Crippen molar-refractivity contribution in [2.24, 2.45) is 0 Å². The summed E-state index contributed by atoms with van der Waals surface area (Å²) >= 11 is 0. The average molecular weight is 234 g/mol. The minimum atomic E-state index is -1.19. The fourth-order valence-electron chi connectivity index (χ4n) is 1.56. The maximum atomic E-state index is 11.6. The van der Waals surface area contributed by atoms with Crippen molar-refractivity contribution >= 4 is 17.4 Å². The van der Waals surface area contributed by atoms with Gasteiger partial charge in [-0.15, -0.1) is 10.2 Å². The maximum absolute atomic E-state index is 11.6. The third kappa shape index (κ3) is 1.99. The first-order valence-electron chi connectivity index (χ1n) is 4.93. The quantitative estimate of drug-likeness (QED) is 0.609. The van der Waals surface area contributed by atoms with Gasteiger partial charge in [0.05, 0.1) is 11.4 Å². The minimum Gasteiger partial charge on any atom is -0.481 e. The van der Waals surface area contributed by atoms with E-state index in [2.05, 4.69) is 15.3 Å². The molecule has 17 heavy (non-hydrogen) atoms. The van der Waals surface area contributed by atoms with E-state index in [1.807, 2.05) is 0 Å². The van der Waals surface area contributed by atoms with Gasteiger partial charge in [0.1, 0.15) is 6.42 Å². The Morgan fingerprint density at radius 2 is 2.06 bits per heavy atom. The molecule has 0 atom stereocenters. The van der Waals surface area contributed by atoms with E-state index in [0.717, 1.165) is 5.69 Å². The maximum Gasteiger partial charge on any atom is 0.311 e. The molecule has 0 aliphatic rings. The molecule has 0 amide bonds. The molecule has 0 aromatic carbocycles. The molecule has 7 heteroatoms. The van der Waals surface area contributed by atoms with Crippen molar-refractivity contribution in [3.63, 3.8) is 0 Å². The molecule has 0 radical (unpaired) electrons. The lowest BCUT2D eigenvalue weighted by atomic mass is 10.2. The van der Waals surface area contributed by atoms with Gasteiger partial charge >= 0.3 is 5.97 Å². The highest BCUT2D eigenvalue weighted by Gasteiger charge is 2.18. The first-order valence-corrected chi connectivity index (χ1v) is 4.93. The van der Waals surface area contributed by atoms with Crippen LogP contribution in [0.2, 0.25) is 0 Å². The lowest BCUT2D eigenvalue weighted by molar-refractivity contribution is -0.135. The number of carboxylic acid groups (broad SMARTS) is 1. The highest BCUT2D eigenvalue weighted by atomic mass is 16.4. The molecule has 0 spiro atoms. The van der Waals surface area contributed by atoms with E-state index < -0.39 is 18.2 Å². The van der Waals surface area contributed by atoms with E-state index >= 15 is 0 Å². The van der Waals surface area contributed by atoms with Crippen molar-refractivity contribution in [2.75, 3.05) is 0 Å². The number of fused-ring (bicyclic) bond motifs is 1. The predicted octanol–water partition coefficient (Wildman–Crippen LogP) is 0.399. The van der Waals surface area contributed by atoms with Gasteiger partial charge in [0.2, 0.25) is 0 Å². The van der Waals surface area contributed by atoms with Gasteiger partial charge in [-0.05, 0) is 13.8 Å². The van der Waals surface area contributed by atoms with Gasteiger partial charge in [-0.25, -0.2) is 4.52 Å². The Morgan fingerprint density at radius 3 is 2.71 bits per heavy atom. The van der Waals surface area contributed by atoms with Crippen LogP contribution in [-0.2, 0) is 4.79 Å². The molecule has 0 saturated heterocycles. The number of carbonyl (C=O) groups is 2. The lowest BCUT2D eigenvalue weighted by Gasteiger charge is -2.03. The normalized spacial score (nSPS) is 10.7. The molecular formula is C10H10N4O3. The molecule has 0 aliphatic heterocycles. The number of aromatic nitrogens is 4. The lowest BCUT2D eigenvalue weighted by Crippen LogP contribution is -2.14. The van der Waals surface area contributed by atoms with E-state index in [-0.39, 0.29) is 5.69 Å². The first-order chi connectivity index (χ1) is 7.99. The highest BCUT2D eigenvalue weighted by molar-refractivity contribution is 6.04. The van der Waals surface area contributed by atoms with Crippen molar-refractivity contribution in [1.82, 2.24) is 19.8 Å². The second-order valence-corrected chi connectivity index (χ2v) is 3.68. The van der Waals surface area contributed by atoms with Crippen LogP contribution in [0.15, 0.2) is 6.07 Å². The largest absolute Gasteiger partial charge is 0.481 e. The zero-order chi connectivity index (χ0) is 12.6. The monoisotopic (exact) mass is 234 g/mol. The number of Topliss-reactive ketones (excluding diaryl/α,β-unsaturated/α-hetero) is 1. The van der Waals surface area contributed by atoms with Crippen molar-refractivity contribution in [1.29, 1.82) is 0 Å². The fourth-order valence-corrected chi connectivity index (χ4v) is 1.56. The number of hydrogen-bond donors (Lipinski definition) is 1. The van der Waals surface area contributed by atoms with Gasteiger partial charge in [0.15, 0.2) is 17.1 Å². The third-order valence-corrected chi connectivity index (χ3v) is 2.30. The molecule has 2 heterocycles. The summed E-state index contributed by atoms with van der Waals surface area (Å²) in [6, 6.07) is 1.73. The summed E-state index contributed by atoms with van der Waals surface area (Å²) in [4.78, 5) is 22.1. The number of hydrogen-bond acceptors (Lipinski definition) is 5.